The fourth-order valence-electron chi connectivity index (χ4n) is 1.90. The van der Waals surface area contributed by atoms with E-state index in [4.69, 9.17) is 0 Å². The summed E-state index contributed by atoms with van der Waals surface area (Å²) in [7, 11) is 0. The topological polar surface area (TPSA) is 32.3 Å². The molecule has 1 aromatic carbocycles. The average molecular weight is 235 g/mol. The van der Waals surface area contributed by atoms with Crippen LogP contribution >= 0.6 is 0 Å². The first-order valence-corrected chi connectivity index (χ1v) is 6.50. The molecule has 1 aromatic rings. The molecule has 1 atom stereocenters. The zero-order chi connectivity index (χ0) is 12.7. The van der Waals surface area contributed by atoms with Crippen LogP contribution in [0.1, 0.15) is 25.0 Å². The fraction of sp³-hybridized carbons (Fsp3) is 0.600. The third kappa shape index (κ3) is 5.33. The monoisotopic (exact) mass is 235 g/mol. The van der Waals surface area contributed by atoms with Crippen molar-refractivity contribution in [3.63, 3.8) is 0 Å². The predicted octanol–water partition coefficient (Wildman–Crippen LogP) is 2.39. The number of hydrogen-bond donors (Lipinski definition) is 2. The molecule has 0 amide bonds. The van der Waals surface area contributed by atoms with Crippen LogP contribution in [0.2, 0.25) is 0 Å². The molecule has 2 nitrogen and oxygen atoms in total. The number of rotatable bonds is 7. The lowest BCUT2D eigenvalue weighted by molar-refractivity contribution is 0.186. The van der Waals surface area contributed by atoms with Gasteiger partial charge in [-0.15, -0.1) is 0 Å². The Morgan fingerprint density at radius 3 is 2.65 bits per heavy atom. The molecule has 0 fully saturated rings. The number of aryl methyl sites for hydroxylation is 1. The molecular weight excluding hydrogens is 210 g/mol. The number of nitrogens with one attached hydrogen (secondary N) is 1. The second-order valence-electron chi connectivity index (χ2n) is 5.13. The standard InChI is InChI=1S/C15H25NO/c1-12(2)15(11-17)10-16-8-7-14-6-4-5-13(3)9-14/h4-6,9,12,15-17H,7-8,10-11H2,1-3H3. The van der Waals surface area contributed by atoms with Gasteiger partial charge in [0.05, 0.1) is 0 Å². The minimum Gasteiger partial charge on any atom is -0.396 e. The largest absolute Gasteiger partial charge is 0.396 e. The van der Waals surface area contributed by atoms with Crippen LogP contribution in [0.25, 0.3) is 0 Å². The maximum atomic E-state index is 9.21. The molecule has 0 saturated heterocycles. The average Bonchev–Trinajstić information content (AvgIpc) is 2.28. The fourth-order valence-corrected chi connectivity index (χ4v) is 1.90. The van der Waals surface area contributed by atoms with E-state index in [1.165, 1.54) is 11.1 Å². The van der Waals surface area contributed by atoms with Crippen molar-refractivity contribution < 1.29 is 5.11 Å². The summed E-state index contributed by atoms with van der Waals surface area (Å²) in [6.45, 7) is 8.59. The van der Waals surface area contributed by atoms with Crippen LogP contribution in [0.3, 0.4) is 0 Å². The van der Waals surface area contributed by atoms with Crippen LogP contribution in [-0.4, -0.2) is 24.8 Å². The third-order valence-electron chi connectivity index (χ3n) is 3.26. The van der Waals surface area contributed by atoms with Crippen molar-refractivity contribution in [2.45, 2.75) is 27.2 Å². The molecule has 0 aliphatic heterocycles. The first kappa shape index (κ1) is 14.2. The molecule has 2 N–H and O–H groups in total. The molecule has 0 bridgehead atoms. The number of benzene rings is 1. The van der Waals surface area contributed by atoms with Gasteiger partial charge < -0.3 is 10.4 Å². The summed E-state index contributed by atoms with van der Waals surface area (Å²) < 4.78 is 0. The van der Waals surface area contributed by atoms with Crippen molar-refractivity contribution in [1.82, 2.24) is 5.32 Å². The molecule has 0 spiro atoms. The SMILES string of the molecule is Cc1cccc(CCNCC(CO)C(C)C)c1. The van der Waals surface area contributed by atoms with Gasteiger partial charge in [-0.25, -0.2) is 0 Å². The van der Waals surface area contributed by atoms with Gasteiger partial charge >= 0.3 is 0 Å². The van der Waals surface area contributed by atoms with Gasteiger partial charge in [-0.1, -0.05) is 43.7 Å². The molecular formula is C15H25NO. The van der Waals surface area contributed by atoms with Gasteiger partial charge in [0.15, 0.2) is 0 Å². The van der Waals surface area contributed by atoms with E-state index in [2.05, 4.69) is 50.4 Å². The van der Waals surface area contributed by atoms with Gasteiger partial charge in [0.25, 0.3) is 0 Å². The van der Waals surface area contributed by atoms with Gasteiger partial charge in [0.1, 0.15) is 0 Å². The van der Waals surface area contributed by atoms with Crippen molar-refractivity contribution in [2.24, 2.45) is 11.8 Å². The minimum atomic E-state index is 0.273. The summed E-state index contributed by atoms with van der Waals surface area (Å²) >= 11 is 0. The van der Waals surface area contributed by atoms with E-state index in [0.29, 0.717) is 11.8 Å². The molecule has 0 aliphatic carbocycles. The Labute approximate surface area is 105 Å². The number of aliphatic hydroxyl groups excluding tert-OH is 1. The second-order valence-corrected chi connectivity index (χ2v) is 5.13. The van der Waals surface area contributed by atoms with E-state index in [1.54, 1.807) is 0 Å². The lowest BCUT2D eigenvalue weighted by atomic mass is 9.97. The zero-order valence-corrected chi connectivity index (χ0v) is 11.2. The summed E-state index contributed by atoms with van der Waals surface area (Å²) in [5, 5.41) is 12.6. The Kier molecular flexibility index (Phi) is 6.23. The quantitative estimate of drug-likeness (QED) is 0.711. The number of aliphatic hydroxyl groups is 1. The van der Waals surface area contributed by atoms with E-state index in [9.17, 15) is 5.11 Å². The van der Waals surface area contributed by atoms with E-state index in [-0.39, 0.29) is 6.61 Å². The Morgan fingerprint density at radius 1 is 1.29 bits per heavy atom. The Balaban J connectivity index is 2.24. The highest BCUT2D eigenvalue weighted by molar-refractivity contribution is 5.22. The van der Waals surface area contributed by atoms with Crippen LogP contribution in [0.4, 0.5) is 0 Å². The second kappa shape index (κ2) is 7.46. The van der Waals surface area contributed by atoms with Gasteiger partial charge in [0, 0.05) is 13.2 Å². The molecule has 2 heteroatoms. The molecule has 0 heterocycles. The van der Waals surface area contributed by atoms with Crippen LogP contribution in [0.5, 0.6) is 0 Å². The first-order chi connectivity index (χ1) is 8.13. The maximum Gasteiger partial charge on any atom is 0.0473 e. The van der Waals surface area contributed by atoms with E-state index in [1.807, 2.05) is 0 Å². The van der Waals surface area contributed by atoms with Crippen molar-refractivity contribution >= 4 is 0 Å². The summed E-state index contributed by atoms with van der Waals surface area (Å²) in [6.07, 6.45) is 1.05. The molecule has 17 heavy (non-hydrogen) atoms. The van der Waals surface area contributed by atoms with E-state index >= 15 is 0 Å². The molecule has 0 radical (unpaired) electrons. The van der Waals surface area contributed by atoms with E-state index in [0.717, 1.165) is 19.5 Å². The molecule has 0 aliphatic rings. The van der Waals surface area contributed by atoms with Crippen LogP contribution < -0.4 is 5.32 Å². The smallest absolute Gasteiger partial charge is 0.0473 e. The van der Waals surface area contributed by atoms with Crippen molar-refractivity contribution in [3.8, 4) is 0 Å². The predicted molar refractivity (Wildman–Crippen MR) is 73.2 cm³/mol. The molecule has 0 saturated carbocycles. The normalized spacial score (nSPS) is 13.0. The maximum absolute atomic E-state index is 9.21. The van der Waals surface area contributed by atoms with Crippen LogP contribution in [0.15, 0.2) is 24.3 Å². The molecule has 96 valence electrons. The van der Waals surface area contributed by atoms with Crippen LogP contribution in [0, 0.1) is 18.8 Å². The summed E-state index contributed by atoms with van der Waals surface area (Å²) in [6, 6.07) is 8.63. The summed E-state index contributed by atoms with van der Waals surface area (Å²) in [4.78, 5) is 0. The molecule has 1 rings (SSSR count). The Hall–Kier alpha value is -0.860. The number of hydrogen-bond acceptors (Lipinski definition) is 2. The first-order valence-electron chi connectivity index (χ1n) is 6.50. The third-order valence-corrected chi connectivity index (χ3v) is 3.26. The van der Waals surface area contributed by atoms with Gasteiger partial charge in [-0.05, 0) is 37.3 Å². The van der Waals surface area contributed by atoms with Crippen LogP contribution in [-0.2, 0) is 6.42 Å². The highest BCUT2D eigenvalue weighted by Crippen LogP contribution is 2.08. The Bertz CT molecular complexity index is 322. The lowest BCUT2D eigenvalue weighted by Crippen LogP contribution is -2.30. The van der Waals surface area contributed by atoms with Gasteiger partial charge in [0.2, 0.25) is 0 Å². The zero-order valence-electron chi connectivity index (χ0n) is 11.2. The summed E-state index contributed by atoms with van der Waals surface area (Å²) in [5.74, 6) is 0.902. The highest BCUT2D eigenvalue weighted by Gasteiger charge is 2.10. The summed E-state index contributed by atoms with van der Waals surface area (Å²) in [5.41, 5.74) is 2.69. The molecule has 0 aromatic heterocycles. The lowest BCUT2D eigenvalue weighted by Gasteiger charge is -2.18. The molecule has 1 unspecified atom stereocenters. The van der Waals surface area contributed by atoms with Gasteiger partial charge in [-0.3, -0.25) is 0 Å². The van der Waals surface area contributed by atoms with E-state index < -0.39 is 0 Å². The Morgan fingerprint density at radius 2 is 2.06 bits per heavy atom. The minimum absolute atomic E-state index is 0.273. The van der Waals surface area contributed by atoms with Gasteiger partial charge in [-0.2, -0.15) is 0 Å². The highest BCUT2D eigenvalue weighted by atomic mass is 16.3. The van der Waals surface area contributed by atoms with Crippen molar-refractivity contribution in [1.29, 1.82) is 0 Å². The van der Waals surface area contributed by atoms with Crippen molar-refractivity contribution in [2.75, 3.05) is 19.7 Å². The van der Waals surface area contributed by atoms with Crippen molar-refractivity contribution in [3.05, 3.63) is 35.4 Å².